The first-order valence-electron chi connectivity index (χ1n) is 13.7. The van der Waals surface area contributed by atoms with Crippen LogP contribution in [0.3, 0.4) is 0 Å². The normalized spacial score (nSPS) is 14.3. The van der Waals surface area contributed by atoms with Crippen LogP contribution in [0, 0.1) is 0 Å². The van der Waals surface area contributed by atoms with E-state index in [1.54, 1.807) is 0 Å². The smallest absolute Gasteiger partial charge is 0.305 e. The summed E-state index contributed by atoms with van der Waals surface area (Å²) in [5.74, 6) is -1.03. The van der Waals surface area contributed by atoms with E-state index in [0.717, 1.165) is 19.3 Å². The van der Waals surface area contributed by atoms with Gasteiger partial charge in [-0.2, -0.15) is 0 Å². The van der Waals surface area contributed by atoms with Gasteiger partial charge in [0.1, 0.15) is 19.8 Å². The molecule has 0 spiro atoms. The quantitative estimate of drug-likeness (QED) is 0.0719. The van der Waals surface area contributed by atoms with E-state index in [9.17, 15) is 19.0 Å². The summed E-state index contributed by atoms with van der Waals surface area (Å²) in [6.07, 6.45) is 15.1. The third kappa shape index (κ3) is 24.7. The highest BCUT2D eigenvalue weighted by atomic mass is 31.2. The lowest BCUT2D eigenvalue weighted by molar-refractivity contribution is -0.870. The van der Waals surface area contributed by atoms with Gasteiger partial charge in [-0.1, -0.05) is 84.0 Å². The lowest BCUT2D eigenvalue weighted by Crippen LogP contribution is -2.37. The molecule has 0 aromatic carbocycles. The highest BCUT2D eigenvalue weighted by molar-refractivity contribution is 7.45. The molecule has 0 bridgehead atoms. The Bertz CT molecular complexity index is 624. The van der Waals surface area contributed by atoms with Gasteiger partial charge in [0.2, 0.25) is 0 Å². The van der Waals surface area contributed by atoms with Crippen LogP contribution in [0.4, 0.5) is 0 Å². The van der Waals surface area contributed by atoms with E-state index in [4.69, 9.17) is 18.5 Å². The Morgan fingerprint density at radius 3 is 1.78 bits per heavy atom. The summed E-state index contributed by atoms with van der Waals surface area (Å²) in [5, 5.41) is 0. The number of likely N-dealkylation sites (N-methyl/N-ethyl adjacent to an activating group) is 1. The third-order valence-corrected chi connectivity index (χ3v) is 6.64. The van der Waals surface area contributed by atoms with Crippen molar-refractivity contribution in [3.63, 3.8) is 0 Å². The van der Waals surface area contributed by atoms with Crippen molar-refractivity contribution in [1.82, 2.24) is 0 Å². The van der Waals surface area contributed by atoms with Gasteiger partial charge < -0.3 is 27.9 Å². The Morgan fingerprint density at radius 2 is 1.31 bits per heavy atom. The highest BCUT2D eigenvalue weighted by Gasteiger charge is 2.20. The number of esters is 2. The number of carbonyl (C=O) groups is 2. The molecule has 0 saturated carbocycles. The maximum absolute atomic E-state index is 12.0. The van der Waals surface area contributed by atoms with Gasteiger partial charge in [-0.3, -0.25) is 14.2 Å². The Morgan fingerprint density at radius 1 is 0.806 bits per heavy atom. The van der Waals surface area contributed by atoms with Gasteiger partial charge in [0.15, 0.2) is 6.10 Å². The van der Waals surface area contributed by atoms with Crippen LogP contribution in [0.15, 0.2) is 0 Å². The standard InChI is InChI=1S/C26H52NO8P/c1-6-7-8-9-10-11-12-13-14-15-16-17-18-19-26(29)32-22-25(35-24(2)28)23-34-36(30,31)33-21-20-27(3,4)5/h25H,6-23H2,1-5H3/t25-/m1/s1. The zero-order valence-electron chi connectivity index (χ0n) is 23.5. The van der Waals surface area contributed by atoms with Gasteiger partial charge in [0, 0.05) is 13.3 Å². The maximum atomic E-state index is 12.0. The van der Waals surface area contributed by atoms with E-state index >= 15 is 0 Å². The molecule has 0 aromatic heterocycles. The molecule has 214 valence electrons. The fourth-order valence-electron chi connectivity index (χ4n) is 3.53. The fraction of sp³-hybridized carbons (Fsp3) is 0.923. The van der Waals surface area contributed by atoms with Crippen molar-refractivity contribution >= 4 is 19.8 Å². The first kappa shape index (κ1) is 35.0. The van der Waals surface area contributed by atoms with Crippen LogP contribution in [0.2, 0.25) is 0 Å². The van der Waals surface area contributed by atoms with Crippen molar-refractivity contribution in [3.05, 3.63) is 0 Å². The number of ether oxygens (including phenoxy) is 2. The zero-order chi connectivity index (χ0) is 27.3. The fourth-order valence-corrected chi connectivity index (χ4v) is 4.26. The SMILES string of the molecule is CCCCCCCCCCCCCCCC(=O)OC[C@H](COP(=O)([O-])OCC[N+](C)(C)C)OC(C)=O. The molecule has 36 heavy (non-hydrogen) atoms. The van der Waals surface area contributed by atoms with E-state index in [1.807, 2.05) is 21.1 Å². The molecule has 0 rings (SSSR count). The predicted octanol–water partition coefficient (Wildman–Crippen LogP) is 5.15. The molecule has 0 amide bonds. The van der Waals surface area contributed by atoms with Crippen molar-refractivity contribution in [2.24, 2.45) is 0 Å². The molecule has 0 heterocycles. The summed E-state index contributed by atoms with van der Waals surface area (Å²) in [5.41, 5.74) is 0. The van der Waals surface area contributed by atoms with Crippen molar-refractivity contribution in [1.29, 1.82) is 0 Å². The molecule has 0 N–H and O–H groups in total. The molecular weight excluding hydrogens is 485 g/mol. The average molecular weight is 538 g/mol. The van der Waals surface area contributed by atoms with E-state index in [0.29, 0.717) is 11.0 Å². The summed E-state index contributed by atoms with van der Waals surface area (Å²) in [4.78, 5) is 35.3. The van der Waals surface area contributed by atoms with E-state index < -0.39 is 32.5 Å². The largest absolute Gasteiger partial charge is 0.756 e. The van der Waals surface area contributed by atoms with Crippen molar-refractivity contribution < 1.29 is 42.1 Å². The van der Waals surface area contributed by atoms with Crippen LogP contribution in [0.5, 0.6) is 0 Å². The second kappa shape index (κ2) is 21.0. The Labute approximate surface area is 219 Å². The summed E-state index contributed by atoms with van der Waals surface area (Å²) in [6.45, 7) is 3.13. The number of nitrogens with zero attached hydrogens (tertiary/aromatic N) is 1. The third-order valence-electron chi connectivity index (χ3n) is 5.68. The van der Waals surface area contributed by atoms with Gasteiger partial charge in [0.05, 0.1) is 27.7 Å². The first-order valence-corrected chi connectivity index (χ1v) is 15.1. The van der Waals surface area contributed by atoms with Gasteiger partial charge >= 0.3 is 11.9 Å². The molecule has 0 aromatic rings. The Kier molecular flexibility index (Phi) is 20.4. The summed E-state index contributed by atoms with van der Waals surface area (Å²) in [7, 11) is 1.16. The lowest BCUT2D eigenvalue weighted by Gasteiger charge is -2.28. The monoisotopic (exact) mass is 537 g/mol. The predicted molar refractivity (Wildman–Crippen MR) is 139 cm³/mol. The molecule has 0 radical (unpaired) electrons. The molecule has 9 nitrogen and oxygen atoms in total. The number of carbonyl (C=O) groups excluding carboxylic acids is 2. The van der Waals surface area contributed by atoms with Crippen LogP contribution in [0.1, 0.15) is 104 Å². The summed E-state index contributed by atoms with van der Waals surface area (Å²) in [6, 6.07) is 0. The Hall–Kier alpha value is -0.990. The van der Waals surface area contributed by atoms with E-state index in [2.05, 4.69) is 6.92 Å². The molecule has 0 aliphatic carbocycles. The second-order valence-corrected chi connectivity index (χ2v) is 11.9. The minimum atomic E-state index is -4.56. The summed E-state index contributed by atoms with van der Waals surface area (Å²) < 4.78 is 32.3. The Balaban J connectivity index is 3.95. The van der Waals surface area contributed by atoms with Gasteiger partial charge in [-0.15, -0.1) is 0 Å². The number of phosphoric acid groups is 1. The minimum Gasteiger partial charge on any atom is -0.756 e. The number of rotatable bonds is 24. The van der Waals surface area contributed by atoms with Crippen LogP contribution < -0.4 is 4.89 Å². The molecule has 0 aliphatic heterocycles. The maximum Gasteiger partial charge on any atom is 0.305 e. The molecule has 0 aliphatic rings. The van der Waals surface area contributed by atoms with Crippen molar-refractivity contribution in [2.45, 2.75) is 110 Å². The zero-order valence-corrected chi connectivity index (χ0v) is 24.4. The molecule has 1 unspecified atom stereocenters. The topological polar surface area (TPSA) is 111 Å². The van der Waals surface area contributed by atoms with E-state index in [1.165, 1.54) is 71.1 Å². The number of quaternary nitrogens is 1. The lowest BCUT2D eigenvalue weighted by atomic mass is 10.0. The number of unbranched alkanes of at least 4 members (excludes halogenated alkanes) is 12. The molecule has 0 fully saturated rings. The average Bonchev–Trinajstić information content (AvgIpc) is 2.77. The van der Waals surface area contributed by atoms with Crippen molar-refractivity contribution in [2.75, 3.05) is 47.5 Å². The van der Waals surface area contributed by atoms with Crippen LogP contribution in [0.25, 0.3) is 0 Å². The number of hydrogen-bond donors (Lipinski definition) is 0. The van der Waals surface area contributed by atoms with Crippen LogP contribution in [-0.4, -0.2) is 70.0 Å². The van der Waals surface area contributed by atoms with Crippen molar-refractivity contribution in [3.8, 4) is 0 Å². The van der Waals surface area contributed by atoms with Gasteiger partial charge in [-0.05, 0) is 6.42 Å². The van der Waals surface area contributed by atoms with Gasteiger partial charge in [-0.25, -0.2) is 0 Å². The molecule has 10 heteroatoms. The molecule has 2 atom stereocenters. The molecular formula is C26H52NO8P. The minimum absolute atomic E-state index is 0.0311. The van der Waals surface area contributed by atoms with Crippen LogP contribution >= 0.6 is 7.82 Å². The number of hydrogen-bond acceptors (Lipinski definition) is 8. The second-order valence-electron chi connectivity index (χ2n) is 10.5. The molecule has 0 saturated heterocycles. The van der Waals surface area contributed by atoms with E-state index in [-0.39, 0.29) is 19.6 Å². The summed E-state index contributed by atoms with van der Waals surface area (Å²) >= 11 is 0. The number of phosphoric ester groups is 1. The first-order chi connectivity index (χ1) is 16.9. The van der Waals surface area contributed by atoms with Crippen LogP contribution in [-0.2, 0) is 32.7 Å². The van der Waals surface area contributed by atoms with Gasteiger partial charge in [0.25, 0.3) is 7.82 Å². The highest BCUT2D eigenvalue weighted by Crippen LogP contribution is 2.38.